The van der Waals surface area contributed by atoms with Gasteiger partial charge in [-0.25, -0.2) is 18.1 Å². The SMILES string of the molecule is O=S(=O)(NCc1nc2ccccc2s1)c1ccc(CCCCl)cc1. The number of fused-ring (bicyclic) bond motifs is 1. The van der Waals surface area contributed by atoms with Crippen LogP contribution in [0.25, 0.3) is 10.2 Å². The van der Waals surface area contributed by atoms with Crippen molar-refractivity contribution in [2.24, 2.45) is 0 Å². The van der Waals surface area contributed by atoms with Gasteiger partial charge in [0.15, 0.2) is 0 Å². The van der Waals surface area contributed by atoms with Crippen LogP contribution in [0.4, 0.5) is 0 Å². The van der Waals surface area contributed by atoms with Crippen LogP contribution in [0, 0.1) is 0 Å². The first kappa shape index (κ1) is 17.4. The van der Waals surface area contributed by atoms with Crippen LogP contribution in [0.3, 0.4) is 0 Å². The van der Waals surface area contributed by atoms with Crippen molar-refractivity contribution in [3.63, 3.8) is 0 Å². The van der Waals surface area contributed by atoms with E-state index >= 15 is 0 Å². The predicted octanol–water partition coefficient (Wildman–Crippen LogP) is 3.95. The van der Waals surface area contributed by atoms with E-state index in [1.54, 1.807) is 12.1 Å². The zero-order valence-electron chi connectivity index (χ0n) is 12.9. The van der Waals surface area contributed by atoms with E-state index in [1.807, 2.05) is 36.4 Å². The van der Waals surface area contributed by atoms with Gasteiger partial charge < -0.3 is 0 Å². The van der Waals surface area contributed by atoms with Crippen molar-refractivity contribution in [3.8, 4) is 0 Å². The van der Waals surface area contributed by atoms with E-state index in [4.69, 9.17) is 11.6 Å². The number of hydrogen-bond acceptors (Lipinski definition) is 4. The van der Waals surface area contributed by atoms with E-state index in [0.29, 0.717) is 5.88 Å². The Labute approximate surface area is 150 Å². The van der Waals surface area contributed by atoms with Gasteiger partial charge >= 0.3 is 0 Å². The quantitative estimate of drug-likeness (QED) is 0.631. The summed E-state index contributed by atoms with van der Waals surface area (Å²) in [5, 5.41) is 0.749. The minimum absolute atomic E-state index is 0.190. The van der Waals surface area contributed by atoms with Gasteiger partial charge in [0.1, 0.15) is 5.01 Å². The zero-order valence-corrected chi connectivity index (χ0v) is 15.3. The van der Waals surface area contributed by atoms with E-state index in [1.165, 1.54) is 11.3 Å². The molecule has 0 atom stereocenters. The third-order valence-corrected chi connectivity index (χ3v) is 6.31. The first-order chi connectivity index (χ1) is 11.6. The summed E-state index contributed by atoms with van der Waals surface area (Å²) in [6.07, 6.45) is 1.73. The van der Waals surface area contributed by atoms with Crippen LogP contribution in [0.1, 0.15) is 17.0 Å². The number of hydrogen-bond donors (Lipinski definition) is 1. The molecule has 0 fully saturated rings. The second-order valence-electron chi connectivity index (χ2n) is 5.34. The molecule has 2 aromatic carbocycles. The lowest BCUT2D eigenvalue weighted by molar-refractivity contribution is 0.581. The van der Waals surface area contributed by atoms with Gasteiger partial charge in [-0.1, -0.05) is 24.3 Å². The summed E-state index contributed by atoms with van der Waals surface area (Å²) in [5.41, 5.74) is 1.97. The van der Waals surface area contributed by atoms with Crippen molar-refractivity contribution < 1.29 is 8.42 Å². The van der Waals surface area contributed by atoms with E-state index in [2.05, 4.69) is 9.71 Å². The molecule has 1 N–H and O–H groups in total. The molecule has 126 valence electrons. The lowest BCUT2D eigenvalue weighted by Gasteiger charge is -2.06. The second kappa shape index (κ2) is 7.61. The number of benzene rings is 2. The van der Waals surface area contributed by atoms with E-state index in [0.717, 1.165) is 33.6 Å². The highest BCUT2D eigenvalue weighted by Crippen LogP contribution is 2.22. The van der Waals surface area contributed by atoms with Gasteiger partial charge in [0.05, 0.1) is 21.7 Å². The van der Waals surface area contributed by atoms with Gasteiger partial charge in [0.2, 0.25) is 10.0 Å². The van der Waals surface area contributed by atoms with Gasteiger partial charge in [0.25, 0.3) is 0 Å². The maximum atomic E-state index is 12.4. The lowest BCUT2D eigenvalue weighted by atomic mass is 10.1. The summed E-state index contributed by atoms with van der Waals surface area (Å²) in [6.45, 7) is 0.190. The molecule has 1 heterocycles. The maximum Gasteiger partial charge on any atom is 0.240 e. The number of aromatic nitrogens is 1. The molecule has 0 aliphatic rings. The molecule has 3 aromatic rings. The minimum Gasteiger partial charge on any atom is -0.240 e. The molecule has 24 heavy (non-hydrogen) atoms. The van der Waals surface area contributed by atoms with Gasteiger partial charge in [-0.3, -0.25) is 0 Å². The standard InChI is InChI=1S/C17H17ClN2O2S2/c18-11-3-4-13-7-9-14(10-8-13)24(21,22)19-12-17-20-15-5-1-2-6-16(15)23-17/h1-2,5-10,19H,3-4,11-12H2. The van der Waals surface area contributed by atoms with Gasteiger partial charge in [0, 0.05) is 5.88 Å². The number of nitrogens with zero attached hydrogens (tertiary/aromatic N) is 1. The Morgan fingerprint density at radius 2 is 1.83 bits per heavy atom. The van der Waals surface area contributed by atoms with E-state index < -0.39 is 10.0 Å². The molecule has 0 saturated heterocycles. The van der Waals surface area contributed by atoms with Crippen molar-refractivity contribution >= 4 is 43.2 Å². The summed E-state index contributed by atoms with van der Waals surface area (Å²) in [7, 11) is -3.54. The number of nitrogens with one attached hydrogen (secondary N) is 1. The average Bonchev–Trinajstić information content (AvgIpc) is 3.02. The average molecular weight is 381 g/mol. The molecule has 0 aliphatic heterocycles. The summed E-state index contributed by atoms with van der Waals surface area (Å²) in [5.74, 6) is 0.601. The van der Waals surface area contributed by atoms with Crippen molar-refractivity contribution in [1.29, 1.82) is 0 Å². The molecule has 7 heteroatoms. The molecule has 0 unspecified atom stereocenters. The highest BCUT2D eigenvalue weighted by molar-refractivity contribution is 7.89. The largest absolute Gasteiger partial charge is 0.240 e. The number of aryl methyl sites for hydroxylation is 1. The molecular weight excluding hydrogens is 364 g/mol. The van der Waals surface area contributed by atoms with Crippen molar-refractivity contribution in [1.82, 2.24) is 9.71 Å². The third-order valence-electron chi connectivity index (χ3n) is 3.58. The van der Waals surface area contributed by atoms with E-state index in [-0.39, 0.29) is 11.4 Å². The molecule has 0 spiro atoms. The van der Waals surface area contributed by atoms with Crippen LogP contribution in [-0.2, 0) is 23.0 Å². The van der Waals surface area contributed by atoms with Crippen molar-refractivity contribution in [2.45, 2.75) is 24.3 Å². The Hall–Kier alpha value is -1.47. The van der Waals surface area contributed by atoms with Crippen LogP contribution in [0.5, 0.6) is 0 Å². The topological polar surface area (TPSA) is 59.1 Å². The monoisotopic (exact) mass is 380 g/mol. The van der Waals surface area contributed by atoms with Crippen LogP contribution >= 0.6 is 22.9 Å². The molecule has 0 bridgehead atoms. The zero-order chi connectivity index (χ0) is 17.0. The highest BCUT2D eigenvalue weighted by Gasteiger charge is 2.14. The fourth-order valence-corrected chi connectivity index (χ4v) is 4.46. The third kappa shape index (κ3) is 4.13. The van der Waals surface area contributed by atoms with Crippen LogP contribution in [0.2, 0.25) is 0 Å². The smallest absolute Gasteiger partial charge is 0.240 e. The maximum absolute atomic E-state index is 12.4. The molecule has 3 rings (SSSR count). The van der Waals surface area contributed by atoms with Crippen LogP contribution in [-0.4, -0.2) is 19.3 Å². The van der Waals surface area contributed by atoms with Crippen LogP contribution < -0.4 is 4.72 Å². The minimum atomic E-state index is -3.54. The summed E-state index contributed by atoms with van der Waals surface area (Å²) < 4.78 is 28.4. The van der Waals surface area contributed by atoms with Gasteiger partial charge in [-0.15, -0.1) is 22.9 Å². The Balaban J connectivity index is 1.69. The molecule has 0 amide bonds. The highest BCUT2D eigenvalue weighted by atomic mass is 35.5. The normalized spacial score (nSPS) is 11.9. The lowest BCUT2D eigenvalue weighted by Crippen LogP contribution is -2.23. The molecule has 0 aliphatic carbocycles. The Morgan fingerprint density at radius 3 is 2.54 bits per heavy atom. The summed E-state index contributed by atoms with van der Waals surface area (Å²) >= 11 is 7.17. The number of thiazole rings is 1. The molecule has 0 radical (unpaired) electrons. The fraction of sp³-hybridized carbons (Fsp3) is 0.235. The predicted molar refractivity (Wildman–Crippen MR) is 99.1 cm³/mol. The van der Waals surface area contributed by atoms with Crippen molar-refractivity contribution in [3.05, 3.63) is 59.1 Å². The van der Waals surface area contributed by atoms with E-state index in [9.17, 15) is 8.42 Å². The molecule has 4 nitrogen and oxygen atoms in total. The Kier molecular flexibility index (Phi) is 5.50. The Morgan fingerprint density at radius 1 is 1.08 bits per heavy atom. The summed E-state index contributed by atoms with van der Waals surface area (Å²) in [6, 6.07) is 14.7. The van der Waals surface area contributed by atoms with Gasteiger partial charge in [-0.05, 0) is 42.7 Å². The Bertz CT molecular complexity index is 888. The number of halogens is 1. The number of para-hydroxylation sites is 1. The number of alkyl halides is 1. The van der Waals surface area contributed by atoms with Gasteiger partial charge in [-0.2, -0.15) is 0 Å². The summed E-state index contributed by atoms with van der Waals surface area (Å²) in [4.78, 5) is 4.70. The number of sulfonamides is 1. The molecule has 1 aromatic heterocycles. The van der Waals surface area contributed by atoms with Crippen molar-refractivity contribution in [2.75, 3.05) is 5.88 Å². The first-order valence-corrected chi connectivity index (χ1v) is 10.4. The first-order valence-electron chi connectivity index (χ1n) is 7.57. The van der Waals surface area contributed by atoms with Crippen LogP contribution in [0.15, 0.2) is 53.4 Å². The number of rotatable bonds is 7. The fourth-order valence-electron chi connectivity index (χ4n) is 2.34. The molecular formula is C17H17ClN2O2S2. The second-order valence-corrected chi connectivity index (χ2v) is 8.60. The molecule has 0 saturated carbocycles.